The second kappa shape index (κ2) is 9.63. The van der Waals surface area contributed by atoms with Gasteiger partial charge in [0.05, 0.1) is 17.5 Å². The molecule has 30 heavy (non-hydrogen) atoms. The highest BCUT2D eigenvalue weighted by Crippen LogP contribution is 2.33. The highest BCUT2D eigenvalue weighted by atomic mass is 79.9. The van der Waals surface area contributed by atoms with Crippen LogP contribution < -0.4 is 0 Å². The molecule has 4 rings (SSSR count). The zero-order valence-electron chi connectivity index (χ0n) is 16.8. The molecule has 0 saturated heterocycles. The SMILES string of the molecule is Cc1ccc([C@H]2CC(c3ccc(Br)cc3)=NN2C(=O)CSCc2ccccc2)cc1. The van der Waals surface area contributed by atoms with Crippen molar-refractivity contribution in [3.8, 4) is 0 Å². The summed E-state index contributed by atoms with van der Waals surface area (Å²) in [5.41, 5.74) is 5.57. The number of nitrogens with zero attached hydrogens (tertiary/aromatic N) is 2. The number of benzene rings is 3. The second-order valence-corrected chi connectivity index (χ2v) is 9.30. The van der Waals surface area contributed by atoms with Gasteiger partial charge in [0.2, 0.25) is 0 Å². The molecule has 0 fully saturated rings. The standard InChI is InChI=1S/C25H23BrN2OS/c1-18-7-9-21(10-8-18)24-15-23(20-11-13-22(26)14-12-20)27-28(24)25(29)17-30-16-19-5-3-2-4-6-19/h2-14,24H,15-17H2,1H3/t24-/m1/s1. The molecule has 1 aliphatic heterocycles. The Morgan fingerprint density at radius 2 is 1.73 bits per heavy atom. The molecule has 0 unspecified atom stereocenters. The molecule has 1 amide bonds. The number of hydrogen-bond donors (Lipinski definition) is 0. The average Bonchev–Trinajstić information content (AvgIpc) is 3.21. The van der Waals surface area contributed by atoms with E-state index in [0.717, 1.165) is 33.5 Å². The van der Waals surface area contributed by atoms with Crippen molar-refractivity contribution in [3.05, 3.63) is 106 Å². The third-order valence-corrected chi connectivity index (χ3v) is 6.66. The number of carbonyl (C=O) groups excluding carboxylic acids is 1. The average molecular weight is 479 g/mol. The van der Waals surface area contributed by atoms with E-state index in [1.165, 1.54) is 11.1 Å². The van der Waals surface area contributed by atoms with E-state index in [0.29, 0.717) is 5.75 Å². The normalized spacial score (nSPS) is 15.9. The Morgan fingerprint density at radius 1 is 1.03 bits per heavy atom. The van der Waals surface area contributed by atoms with Crippen molar-refractivity contribution >= 4 is 39.3 Å². The molecule has 1 atom stereocenters. The molecule has 0 aliphatic carbocycles. The number of hydrogen-bond acceptors (Lipinski definition) is 3. The van der Waals surface area contributed by atoms with E-state index < -0.39 is 0 Å². The third-order valence-electron chi connectivity index (χ3n) is 5.14. The van der Waals surface area contributed by atoms with E-state index in [4.69, 9.17) is 5.10 Å². The lowest BCUT2D eigenvalue weighted by Gasteiger charge is -2.22. The summed E-state index contributed by atoms with van der Waals surface area (Å²) >= 11 is 5.12. The monoisotopic (exact) mass is 478 g/mol. The summed E-state index contributed by atoms with van der Waals surface area (Å²) in [4.78, 5) is 13.1. The molecule has 5 heteroatoms. The summed E-state index contributed by atoms with van der Waals surface area (Å²) < 4.78 is 1.03. The third kappa shape index (κ3) is 5.02. The van der Waals surface area contributed by atoms with E-state index in [2.05, 4.69) is 59.3 Å². The first-order chi connectivity index (χ1) is 14.6. The molecule has 1 aliphatic rings. The fourth-order valence-electron chi connectivity index (χ4n) is 3.50. The van der Waals surface area contributed by atoms with Gasteiger partial charge in [0.15, 0.2) is 0 Å². The number of thioether (sulfide) groups is 1. The Labute approximate surface area is 190 Å². The van der Waals surface area contributed by atoms with Gasteiger partial charge in [-0.2, -0.15) is 5.10 Å². The minimum atomic E-state index is -0.0610. The first kappa shape index (κ1) is 20.9. The van der Waals surface area contributed by atoms with Crippen LogP contribution in [-0.2, 0) is 10.5 Å². The molecular formula is C25H23BrN2OS. The fourth-order valence-corrected chi connectivity index (χ4v) is 4.60. The summed E-state index contributed by atoms with van der Waals surface area (Å²) in [5, 5.41) is 6.46. The number of carbonyl (C=O) groups is 1. The quantitative estimate of drug-likeness (QED) is 0.412. The van der Waals surface area contributed by atoms with E-state index >= 15 is 0 Å². The fraction of sp³-hybridized carbons (Fsp3) is 0.200. The molecule has 0 spiro atoms. The van der Waals surface area contributed by atoms with E-state index in [9.17, 15) is 4.79 Å². The Hall–Kier alpha value is -2.37. The number of halogens is 1. The lowest BCUT2D eigenvalue weighted by molar-refractivity contribution is -0.130. The van der Waals surface area contributed by atoms with Crippen molar-refractivity contribution in [1.82, 2.24) is 5.01 Å². The van der Waals surface area contributed by atoms with Crippen LogP contribution in [0.3, 0.4) is 0 Å². The summed E-state index contributed by atoms with van der Waals surface area (Å²) in [6.07, 6.45) is 0.722. The van der Waals surface area contributed by atoms with Crippen LogP contribution in [0.15, 0.2) is 88.4 Å². The molecule has 0 bridgehead atoms. The van der Waals surface area contributed by atoms with E-state index in [1.807, 2.05) is 42.5 Å². The zero-order valence-corrected chi connectivity index (χ0v) is 19.2. The highest BCUT2D eigenvalue weighted by Gasteiger charge is 2.32. The highest BCUT2D eigenvalue weighted by molar-refractivity contribution is 9.10. The molecule has 3 aromatic rings. The van der Waals surface area contributed by atoms with Crippen LogP contribution in [0, 0.1) is 6.92 Å². The maximum atomic E-state index is 13.1. The second-order valence-electron chi connectivity index (χ2n) is 7.40. The van der Waals surface area contributed by atoms with Crippen molar-refractivity contribution in [2.75, 3.05) is 5.75 Å². The molecular weight excluding hydrogens is 456 g/mol. The van der Waals surface area contributed by atoms with Gasteiger partial charge in [0, 0.05) is 16.6 Å². The summed E-state index contributed by atoms with van der Waals surface area (Å²) in [7, 11) is 0. The molecule has 0 aromatic heterocycles. The lowest BCUT2D eigenvalue weighted by atomic mass is 9.98. The van der Waals surface area contributed by atoms with Gasteiger partial charge in [0.1, 0.15) is 0 Å². The maximum Gasteiger partial charge on any atom is 0.253 e. The molecule has 1 heterocycles. The van der Waals surface area contributed by atoms with Crippen LogP contribution in [0.2, 0.25) is 0 Å². The van der Waals surface area contributed by atoms with Crippen LogP contribution in [0.25, 0.3) is 0 Å². The Morgan fingerprint density at radius 3 is 2.43 bits per heavy atom. The molecule has 152 valence electrons. The lowest BCUT2D eigenvalue weighted by Crippen LogP contribution is -2.28. The molecule has 0 N–H and O–H groups in total. The summed E-state index contributed by atoms with van der Waals surface area (Å²) in [5.74, 6) is 1.28. The van der Waals surface area contributed by atoms with Crippen molar-refractivity contribution in [2.24, 2.45) is 5.10 Å². The topological polar surface area (TPSA) is 32.7 Å². The first-order valence-electron chi connectivity index (χ1n) is 9.94. The predicted octanol–water partition coefficient (Wildman–Crippen LogP) is 6.37. The van der Waals surface area contributed by atoms with E-state index in [-0.39, 0.29) is 11.9 Å². The summed E-state index contributed by atoms with van der Waals surface area (Å²) in [6, 6.07) is 26.7. The van der Waals surface area contributed by atoms with Crippen molar-refractivity contribution < 1.29 is 4.79 Å². The Kier molecular flexibility index (Phi) is 6.70. The Balaban J connectivity index is 1.52. The van der Waals surface area contributed by atoms with Crippen LogP contribution in [0.5, 0.6) is 0 Å². The van der Waals surface area contributed by atoms with Crippen molar-refractivity contribution in [3.63, 3.8) is 0 Å². The molecule has 3 nitrogen and oxygen atoms in total. The van der Waals surface area contributed by atoms with Crippen LogP contribution in [0.1, 0.15) is 34.7 Å². The minimum absolute atomic E-state index is 0.0496. The van der Waals surface area contributed by atoms with Gasteiger partial charge in [-0.1, -0.05) is 88.2 Å². The predicted molar refractivity (Wildman–Crippen MR) is 129 cm³/mol. The molecule has 3 aromatic carbocycles. The van der Waals surface area contributed by atoms with Crippen LogP contribution in [0.4, 0.5) is 0 Å². The van der Waals surface area contributed by atoms with Crippen molar-refractivity contribution in [1.29, 1.82) is 0 Å². The van der Waals surface area contributed by atoms with Gasteiger partial charge in [-0.3, -0.25) is 4.79 Å². The first-order valence-corrected chi connectivity index (χ1v) is 11.9. The van der Waals surface area contributed by atoms with Gasteiger partial charge < -0.3 is 0 Å². The Bertz CT molecular complexity index is 1030. The minimum Gasteiger partial charge on any atom is -0.272 e. The number of rotatable bonds is 6. The molecule has 0 radical (unpaired) electrons. The van der Waals surface area contributed by atoms with Gasteiger partial charge in [-0.25, -0.2) is 5.01 Å². The van der Waals surface area contributed by atoms with E-state index in [1.54, 1.807) is 16.8 Å². The number of hydrazone groups is 1. The smallest absolute Gasteiger partial charge is 0.253 e. The van der Waals surface area contributed by atoms with Crippen LogP contribution in [-0.4, -0.2) is 22.4 Å². The van der Waals surface area contributed by atoms with Crippen LogP contribution >= 0.6 is 27.7 Å². The molecule has 0 saturated carbocycles. The van der Waals surface area contributed by atoms with Gasteiger partial charge in [-0.05, 0) is 35.7 Å². The summed E-state index contributed by atoms with van der Waals surface area (Å²) in [6.45, 7) is 2.07. The number of aryl methyl sites for hydroxylation is 1. The van der Waals surface area contributed by atoms with Crippen molar-refractivity contribution in [2.45, 2.75) is 25.1 Å². The van der Waals surface area contributed by atoms with Gasteiger partial charge in [-0.15, -0.1) is 11.8 Å². The zero-order chi connectivity index (χ0) is 20.9. The maximum absolute atomic E-state index is 13.1. The van der Waals surface area contributed by atoms with Gasteiger partial charge in [0.25, 0.3) is 5.91 Å². The number of amides is 1. The largest absolute Gasteiger partial charge is 0.272 e. The van der Waals surface area contributed by atoms with Gasteiger partial charge >= 0.3 is 0 Å².